The van der Waals surface area contributed by atoms with Crippen LogP contribution >= 0.6 is 0 Å². The minimum atomic E-state index is -1.23. The molecule has 8 nitrogen and oxygen atoms in total. The zero-order valence-electron chi connectivity index (χ0n) is 19.3. The van der Waals surface area contributed by atoms with Gasteiger partial charge in [0.15, 0.2) is 17.6 Å². The molecule has 0 spiro atoms. The van der Waals surface area contributed by atoms with Gasteiger partial charge in [0.05, 0.1) is 24.1 Å². The SMILES string of the molecule is COCCCOc1cc2c(cc1-c1cnco1)-c1cc(=O)c(C(=O)O)cn1C(C(C)(C)C)C2. The van der Waals surface area contributed by atoms with E-state index in [1.165, 1.54) is 18.7 Å². The van der Waals surface area contributed by atoms with Gasteiger partial charge < -0.3 is 23.6 Å². The molecule has 0 bridgehead atoms. The van der Waals surface area contributed by atoms with Crippen LogP contribution in [-0.4, -0.2) is 41.0 Å². The van der Waals surface area contributed by atoms with E-state index in [9.17, 15) is 14.7 Å². The van der Waals surface area contributed by atoms with E-state index in [2.05, 4.69) is 25.8 Å². The van der Waals surface area contributed by atoms with Gasteiger partial charge in [0.25, 0.3) is 0 Å². The van der Waals surface area contributed by atoms with E-state index in [0.717, 1.165) is 23.1 Å². The second-order valence-electron chi connectivity index (χ2n) is 9.30. The molecule has 0 saturated carbocycles. The first-order chi connectivity index (χ1) is 15.7. The smallest absolute Gasteiger partial charge is 0.341 e. The van der Waals surface area contributed by atoms with Gasteiger partial charge in [-0.3, -0.25) is 4.79 Å². The lowest BCUT2D eigenvalue weighted by Gasteiger charge is -2.39. The average molecular weight is 453 g/mol. The molecular formula is C25H28N2O6. The lowest BCUT2D eigenvalue weighted by molar-refractivity contribution is 0.0693. The number of oxazole rings is 1. The van der Waals surface area contributed by atoms with Crippen molar-refractivity contribution >= 4 is 5.97 Å². The van der Waals surface area contributed by atoms with Crippen molar-refractivity contribution in [3.8, 4) is 28.3 Å². The van der Waals surface area contributed by atoms with Crippen LogP contribution in [0.15, 0.2) is 46.2 Å². The fraction of sp³-hybridized carbons (Fsp3) is 0.400. The first kappa shape index (κ1) is 22.8. The highest BCUT2D eigenvalue weighted by molar-refractivity contribution is 5.88. The summed E-state index contributed by atoms with van der Waals surface area (Å²) < 4.78 is 18.7. The van der Waals surface area contributed by atoms with E-state index in [1.807, 2.05) is 16.7 Å². The summed E-state index contributed by atoms with van der Waals surface area (Å²) in [5, 5.41) is 9.52. The molecule has 33 heavy (non-hydrogen) atoms. The normalized spacial score (nSPS) is 15.1. The largest absolute Gasteiger partial charge is 0.493 e. The Kier molecular flexibility index (Phi) is 6.12. The number of pyridine rings is 1. The maximum atomic E-state index is 12.6. The highest BCUT2D eigenvalue weighted by Gasteiger charge is 2.34. The maximum Gasteiger partial charge on any atom is 0.341 e. The third-order valence-corrected chi connectivity index (χ3v) is 5.99. The summed E-state index contributed by atoms with van der Waals surface area (Å²) in [6.45, 7) is 7.40. The number of aromatic nitrogens is 2. The number of methoxy groups -OCH3 is 1. The van der Waals surface area contributed by atoms with Crippen LogP contribution in [0.5, 0.6) is 5.75 Å². The van der Waals surface area contributed by atoms with Gasteiger partial charge in [0.1, 0.15) is 11.3 Å². The highest BCUT2D eigenvalue weighted by Crippen LogP contribution is 2.45. The lowest BCUT2D eigenvalue weighted by atomic mass is 9.78. The van der Waals surface area contributed by atoms with Crippen LogP contribution in [0, 0.1) is 5.41 Å². The number of aromatic carboxylic acids is 1. The first-order valence-electron chi connectivity index (χ1n) is 10.9. The fourth-order valence-corrected chi connectivity index (χ4v) is 4.29. The van der Waals surface area contributed by atoms with Crippen molar-refractivity contribution in [1.29, 1.82) is 0 Å². The van der Waals surface area contributed by atoms with Gasteiger partial charge in [0.2, 0.25) is 0 Å². The Morgan fingerprint density at radius 3 is 2.67 bits per heavy atom. The topological polar surface area (TPSA) is 104 Å². The summed E-state index contributed by atoms with van der Waals surface area (Å²) in [5.41, 5.74) is 2.35. The Bertz CT molecular complexity index is 1220. The van der Waals surface area contributed by atoms with Crippen LogP contribution in [0.1, 0.15) is 49.2 Å². The van der Waals surface area contributed by atoms with Gasteiger partial charge in [-0.15, -0.1) is 0 Å². The predicted molar refractivity (Wildman–Crippen MR) is 123 cm³/mol. The van der Waals surface area contributed by atoms with Gasteiger partial charge in [0, 0.05) is 44.0 Å². The number of hydrogen-bond acceptors (Lipinski definition) is 6. The minimum absolute atomic E-state index is 0.0452. The third-order valence-electron chi connectivity index (χ3n) is 5.99. The summed E-state index contributed by atoms with van der Waals surface area (Å²) >= 11 is 0. The van der Waals surface area contributed by atoms with Crippen molar-refractivity contribution in [3.05, 3.63) is 58.3 Å². The van der Waals surface area contributed by atoms with Crippen LogP contribution in [0.3, 0.4) is 0 Å². The number of nitrogens with zero attached hydrogens (tertiary/aromatic N) is 2. The third kappa shape index (κ3) is 4.43. The van der Waals surface area contributed by atoms with Gasteiger partial charge in [-0.2, -0.15) is 0 Å². The number of rotatable bonds is 7. The van der Waals surface area contributed by atoms with Crippen molar-refractivity contribution in [2.75, 3.05) is 20.3 Å². The standard InChI is InChI=1S/C25H28N2O6/c1-25(2,3)23-9-15-8-21(32-7-5-6-31-4)17(22-12-26-14-33-22)10-16(15)19-11-20(28)18(24(29)30)13-27(19)23/h8,10-14,23H,5-7,9H2,1-4H3,(H,29,30). The molecule has 0 radical (unpaired) electrons. The zero-order valence-corrected chi connectivity index (χ0v) is 19.3. The molecular weight excluding hydrogens is 424 g/mol. The van der Waals surface area contributed by atoms with Crippen molar-refractivity contribution in [1.82, 2.24) is 9.55 Å². The molecule has 1 aliphatic rings. The highest BCUT2D eigenvalue weighted by atomic mass is 16.5. The molecule has 4 rings (SSSR count). The Morgan fingerprint density at radius 1 is 1.24 bits per heavy atom. The number of carbonyl (C=O) groups is 1. The fourth-order valence-electron chi connectivity index (χ4n) is 4.29. The maximum absolute atomic E-state index is 12.6. The molecule has 1 aromatic carbocycles. The second-order valence-corrected chi connectivity index (χ2v) is 9.30. The Hall–Kier alpha value is -3.39. The predicted octanol–water partition coefficient (Wildman–Crippen LogP) is 4.43. The molecule has 1 aliphatic heterocycles. The van der Waals surface area contributed by atoms with E-state index in [-0.39, 0.29) is 17.0 Å². The number of hydrogen-bond donors (Lipinski definition) is 1. The molecule has 174 valence electrons. The van der Waals surface area contributed by atoms with Gasteiger partial charge in [-0.1, -0.05) is 20.8 Å². The molecule has 0 aliphatic carbocycles. The quantitative estimate of drug-likeness (QED) is 0.529. The van der Waals surface area contributed by atoms with Crippen LogP contribution in [0.4, 0.5) is 0 Å². The summed E-state index contributed by atoms with van der Waals surface area (Å²) in [4.78, 5) is 28.3. The Morgan fingerprint density at radius 2 is 2.03 bits per heavy atom. The number of carboxylic acid groups (broad SMARTS) is 1. The molecule has 3 heterocycles. The number of benzene rings is 1. The molecule has 1 atom stereocenters. The van der Waals surface area contributed by atoms with Crippen molar-refractivity contribution in [3.63, 3.8) is 0 Å². The number of fused-ring (bicyclic) bond motifs is 3. The molecule has 0 saturated heterocycles. The van der Waals surface area contributed by atoms with E-state index < -0.39 is 11.4 Å². The molecule has 1 unspecified atom stereocenters. The van der Waals surface area contributed by atoms with E-state index in [1.54, 1.807) is 13.3 Å². The van der Waals surface area contributed by atoms with Crippen LogP contribution in [-0.2, 0) is 11.2 Å². The Labute approximate surface area is 191 Å². The Balaban J connectivity index is 1.90. The monoisotopic (exact) mass is 452 g/mol. The number of carboxylic acids is 1. The van der Waals surface area contributed by atoms with Gasteiger partial charge >= 0.3 is 5.97 Å². The molecule has 0 fully saturated rings. The summed E-state index contributed by atoms with van der Waals surface area (Å²) in [5.74, 6) is -0.00309. The van der Waals surface area contributed by atoms with Crippen molar-refractivity contribution in [2.24, 2.45) is 5.41 Å². The van der Waals surface area contributed by atoms with E-state index in [4.69, 9.17) is 13.9 Å². The summed E-state index contributed by atoms with van der Waals surface area (Å²) in [7, 11) is 1.65. The van der Waals surface area contributed by atoms with Gasteiger partial charge in [-0.05, 0) is 29.5 Å². The molecule has 3 aromatic rings. The van der Waals surface area contributed by atoms with Gasteiger partial charge in [-0.25, -0.2) is 9.78 Å². The van der Waals surface area contributed by atoms with Crippen LogP contribution in [0.25, 0.3) is 22.6 Å². The average Bonchev–Trinajstić information content (AvgIpc) is 3.29. The van der Waals surface area contributed by atoms with E-state index in [0.29, 0.717) is 36.8 Å². The summed E-state index contributed by atoms with van der Waals surface area (Å²) in [6.07, 6.45) is 5.85. The minimum Gasteiger partial charge on any atom is -0.493 e. The van der Waals surface area contributed by atoms with Crippen molar-refractivity contribution in [2.45, 2.75) is 39.7 Å². The summed E-state index contributed by atoms with van der Waals surface area (Å²) in [6, 6.07) is 5.31. The van der Waals surface area contributed by atoms with Crippen molar-refractivity contribution < 1.29 is 23.8 Å². The first-order valence-corrected chi connectivity index (χ1v) is 10.9. The molecule has 0 amide bonds. The zero-order chi connectivity index (χ0) is 23.8. The molecule has 1 N–H and O–H groups in total. The lowest BCUT2D eigenvalue weighted by Crippen LogP contribution is -2.32. The second kappa shape index (κ2) is 8.86. The molecule has 8 heteroatoms. The molecule has 2 aromatic heterocycles. The van der Waals surface area contributed by atoms with Crippen LogP contribution in [0.2, 0.25) is 0 Å². The van der Waals surface area contributed by atoms with Crippen LogP contribution < -0.4 is 10.2 Å². The van der Waals surface area contributed by atoms with E-state index >= 15 is 0 Å². The number of ether oxygens (including phenoxy) is 2.